The Morgan fingerprint density at radius 3 is 1.75 bits per heavy atom. The van der Waals surface area contributed by atoms with E-state index < -0.39 is 47.8 Å². The van der Waals surface area contributed by atoms with E-state index in [0.29, 0.717) is 18.4 Å². The van der Waals surface area contributed by atoms with Gasteiger partial charge in [0.05, 0.1) is 17.8 Å². The Morgan fingerprint density at radius 1 is 0.800 bits per heavy atom. The molecule has 0 radical (unpaired) electrons. The third-order valence-corrected chi connectivity index (χ3v) is 7.67. The van der Waals surface area contributed by atoms with Gasteiger partial charge in [-0.1, -0.05) is 74.3 Å². The minimum absolute atomic E-state index is 0.00960. The van der Waals surface area contributed by atoms with Gasteiger partial charge >= 0.3 is 23.9 Å². The number of hydrogen-bond donors (Lipinski definition) is 2. The van der Waals surface area contributed by atoms with Gasteiger partial charge in [0.1, 0.15) is 12.1 Å². The molecular formula is C31H49NO8. The molecular weight excluding hydrogens is 514 g/mol. The molecule has 9 nitrogen and oxygen atoms in total. The second-order valence-electron chi connectivity index (χ2n) is 11.4. The minimum Gasteiger partial charge on any atom is -0.480 e. The van der Waals surface area contributed by atoms with E-state index in [1.54, 1.807) is 40.7 Å². The first-order valence-corrected chi connectivity index (χ1v) is 14.4. The molecule has 6 unspecified atom stereocenters. The average molecular weight is 564 g/mol. The molecule has 0 aliphatic rings. The summed E-state index contributed by atoms with van der Waals surface area (Å²) in [7, 11) is 0. The van der Waals surface area contributed by atoms with Crippen LogP contribution in [-0.4, -0.2) is 41.1 Å². The molecule has 1 aromatic carbocycles. The minimum atomic E-state index is -1.35. The number of ether oxygens (including phenoxy) is 3. The lowest BCUT2D eigenvalue weighted by Gasteiger charge is -2.32. The van der Waals surface area contributed by atoms with Crippen molar-refractivity contribution >= 4 is 23.9 Å². The van der Waals surface area contributed by atoms with Crippen LogP contribution in [0.1, 0.15) is 99.5 Å². The second kappa shape index (κ2) is 16.4. The summed E-state index contributed by atoms with van der Waals surface area (Å²) in [6.45, 7) is 16.5. The van der Waals surface area contributed by atoms with Gasteiger partial charge in [0.15, 0.2) is 11.5 Å². The number of aliphatic carboxylic acids is 1. The number of carbonyl (C=O) groups excluding carboxylic acids is 3. The summed E-state index contributed by atoms with van der Waals surface area (Å²) in [5, 5.41) is 9.83. The van der Waals surface area contributed by atoms with E-state index in [9.17, 15) is 24.3 Å². The topological polar surface area (TPSA) is 142 Å². The van der Waals surface area contributed by atoms with E-state index in [2.05, 4.69) is 0 Å². The molecule has 40 heavy (non-hydrogen) atoms. The zero-order chi connectivity index (χ0) is 30.7. The quantitative estimate of drug-likeness (QED) is 0.190. The van der Waals surface area contributed by atoms with Crippen LogP contribution in [0.25, 0.3) is 0 Å². The van der Waals surface area contributed by atoms with E-state index in [0.717, 1.165) is 12.8 Å². The second-order valence-corrected chi connectivity index (χ2v) is 11.4. The number of nitrogens with two attached hydrogens (primary N) is 1. The third-order valence-electron chi connectivity index (χ3n) is 7.67. The van der Waals surface area contributed by atoms with Crippen molar-refractivity contribution in [3.05, 3.63) is 23.8 Å². The summed E-state index contributed by atoms with van der Waals surface area (Å²) < 4.78 is 17.0. The van der Waals surface area contributed by atoms with Crippen LogP contribution in [0.4, 0.5) is 0 Å². The Balaban J connectivity index is 3.52. The number of carbonyl (C=O) groups is 4. The van der Waals surface area contributed by atoms with Crippen LogP contribution < -0.4 is 15.2 Å². The smallest absolute Gasteiger partial charge is 0.321 e. The highest BCUT2D eigenvalue weighted by Gasteiger charge is 2.36. The number of rotatable bonds is 16. The SMILES string of the molecule is CCCC(C)C(=O)Oc1ccc(C(C(C)C(C)OC(=O)C(C)C(C)C)[C@H](N)C(=O)O)cc1OC(=O)C(C)CCC. The predicted molar refractivity (Wildman–Crippen MR) is 153 cm³/mol. The van der Waals surface area contributed by atoms with Gasteiger partial charge in [-0.15, -0.1) is 0 Å². The lowest BCUT2D eigenvalue weighted by Crippen LogP contribution is -2.43. The Hall–Kier alpha value is -2.94. The average Bonchev–Trinajstić information content (AvgIpc) is 2.89. The monoisotopic (exact) mass is 563 g/mol. The van der Waals surface area contributed by atoms with Gasteiger partial charge < -0.3 is 25.1 Å². The van der Waals surface area contributed by atoms with Gasteiger partial charge in [0.25, 0.3) is 0 Å². The van der Waals surface area contributed by atoms with E-state index >= 15 is 0 Å². The molecule has 1 aromatic rings. The molecule has 9 heteroatoms. The number of carboxylic acid groups (broad SMARTS) is 1. The van der Waals surface area contributed by atoms with Gasteiger partial charge in [0, 0.05) is 11.8 Å². The Kier molecular flexibility index (Phi) is 14.3. The molecule has 7 atom stereocenters. The molecule has 0 aliphatic carbocycles. The zero-order valence-electron chi connectivity index (χ0n) is 25.6. The van der Waals surface area contributed by atoms with Crippen LogP contribution in [-0.2, 0) is 23.9 Å². The Morgan fingerprint density at radius 2 is 1.30 bits per heavy atom. The van der Waals surface area contributed by atoms with Gasteiger partial charge in [-0.05, 0) is 43.4 Å². The summed E-state index contributed by atoms with van der Waals surface area (Å²) in [4.78, 5) is 50.2. The highest BCUT2D eigenvalue weighted by atomic mass is 16.6. The molecule has 0 fully saturated rings. The molecule has 0 aliphatic heterocycles. The fourth-order valence-corrected chi connectivity index (χ4v) is 4.37. The molecule has 0 aromatic heterocycles. The standard InChI is InChI=1S/C31H49NO8/c1-10-12-18(5)29(35)39-24-15-14-23(16-25(24)40-30(36)19(6)13-11-2)26(27(32)28(33)34)21(8)22(9)38-31(37)20(7)17(3)4/h14-22,26-27H,10-13,32H2,1-9H3,(H,33,34)/t18?,19?,20?,21?,22?,26?,27-/m0/s1. The molecule has 1 rings (SSSR count). The van der Waals surface area contributed by atoms with E-state index in [1.165, 1.54) is 12.1 Å². The van der Waals surface area contributed by atoms with Gasteiger partial charge in [-0.3, -0.25) is 19.2 Å². The third kappa shape index (κ3) is 9.91. The molecule has 226 valence electrons. The van der Waals surface area contributed by atoms with Crippen LogP contribution in [0, 0.1) is 29.6 Å². The number of esters is 3. The Labute approximate surface area is 239 Å². The maximum atomic E-state index is 12.8. The van der Waals surface area contributed by atoms with Crippen molar-refractivity contribution in [2.45, 2.75) is 106 Å². The number of benzene rings is 1. The van der Waals surface area contributed by atoms with Crippen LogP contribution >= 0.6 is 0 Å². The zero-order valence-corrected chi connectivity index (χ0v) is 25.6. The Bertz CT molecular complexity index is 1010. The number of carboxylic acids is 1. The summed E-state index contributed by atoms with van der Waals surface area (Å²) in [6.07, 6.45) is 2.18. The largest absolute Gasteiger partial charge is 0.480 e. The van der Waals surface area contributed by atoms with Gasteiger partial charge in [0.2, 0.25) is 0 Å². The summed E-state index contributed by atoms with van der Waals surface area (Å²) >= 11 is 0. The molecule has 0 amide bonds. The lowest BCUT2D eigenvalue weighted by atomic mass is 9.79. The van der Waals surface area contributed by atoms with Crippen LogP contribution in [0.5, 0.6) is 11.5 Å². The van der Waals surface area contributed by atoms with E-state index in [4.69, 9.17) is 19.9 Å². The van der Waals surface area contributed by atoms with E-state index in [1.807, 2.05) is 27.7 Å². The van der Waals surface area contributed by atoms with Crippen molar-refractivity contribution in [3.8, 4) is 11.5 Å². The molecule has 3 N–H and O–H groups in total. The van der Waals surface area contributed by atoms with Crippen molar-refractivity contribution < 1.29 is 38.5 Å². The van der Waals surface area contributed by atoms with Crippen molar-refractivity contribution in [2.75, 3.05) is 0 Å². The normalized spacial score (nSPS) is 16.7. The summed E-state index contributed by atoms with van der Waals surface area (Å²) in [5.74, 6) is -4.82. The number of hydrogen-bond acceptors (Lipinski definition) is 8. The molecule has 0 spiro atoms. The fraction of sp³-hybridized carbons (Fsp3) is 0.677. The highest BCUT2D eigenvalue weighted by Crippen LogP contribution is 2.38. The summed E-state index contributed by atoms with van der Waals surface area (Å²) in [6, 6.07) is 3.25. The van der Waals surface area contributed by atoms with Crippen molar-refractivity contribution in [3.63, 3.8) is 0 Å². The van der Waals surface area contributed by atoms with Gasteiger partial charge in [-0.25, -0.2) is 0 Å². The maximum absolute atomic E-state index is 12.8. The first kappa shape index (κ1) is 35.1. The molecule has 0 saturated carbocycles. The first-order valence-electron chi connectivity index (χ1n) is 14.4. The fourth-order valence-electron chi connectivity index (χ4n) is 4.37. The van der Waals surface area contributed by atoms with Crippen LogP contribution in [0.15, 0.2) is 18.2 Å². The highest BCUT2D eigenvalue weighted by molar-refractivity contribution is 5.79. The van der Waals surface area contributed by atoms with Crippen LogP contribution in [0.2, 0.25) is 0 Å². The molecule has 0 heterocycles. The van der Waals surface area contributed by atoms with Crippen LogP contribution in [0.3, 0.4) is 0 Å². The van der Waals surface area contributed by atoms with E-state index in [-0.39, 0.29) is 35.2 Å². The lowest BCUT2D eigenvalue weighted by molar-refractivity contribution is -0.157. The molecule has 0 saturated heterocycles. The summed E-state index contributed by atoms with van der Waals surface area (Å²) in [5.41, 5.74) is 6.62. The van der Waals surface area contributed by atoms with Crippen molar-refractivity contribution in [2.24, 2.45) is 35.3 Å². The van der Waals surface area contributed by atoms with Gasteiger partial charge in [-0.2, -0.15) is 0 Å². The van der Waals surface area contributed by atoms with Crippen molar-refractivity contribution in [1.29, 1.82) is 0 Å². The first-order chi connectivity index (χ1) is 18.7. The predicted octanol–water partition coefficient (Wildman–Crippen LogP) is 5.73. The van der Waals surface area contributed by atoms with Crippen molar-refractivity contribution in [1.82, 2.24) is 0 Å². The maximum Gasteiger partial charge on any atom is 0.321 e. The molecule has 0 bridgehead atoms.